The monoisotopic (exact) mass is 270 g/mol. The molecule has 1 fully saturated rings. The van der Waals surface area contributed by atoms with E-state index in [0.29, 0.717) is 24.3 Å². The third kappa shape index (κ3) is 2.76. The predicted molar refractivity (Wildman–Crippen MR) is 70.8 cm³/mol. The zero-order valence-corrected chi connectivity index (χ0v) is 11.2. The van der Waals surface area contributed by atoms with Gasteiger partial charge in [-0.1, -0.05) is 12.5 Å². The molecule has 0 saturated carbocycles. The highest BCUT2D eigenvalue weighted by Gasteiger charge is 2.24. The lowest BCUT2D eigenvalue weighted by Crippen LogP contribution is -2.39. The van der Waals surface area contributed by atoms with E-state index in [9.17, 15) is 13.5 Å². The van der Waals surface area contributed by atoms with Crippen LogP contribution < -0.4 is 4.72 Å². The molecule has 2 N–H and O–H groups in total. The summed E-state index contributed by atoms with van der Waals surface area (Å²) in [5.74, 6) is 0.0915. The number of aromatic hydroxyl groups is 1. The van der Waals surface area contributed by atoms with Gasteiger partial charge in [0.2, 0.25) is 0 Å². The zero-order chi connectivity index (χ0) is 13.2. The van der Waals surface area contributed by atoms with E-state index in [2.05, 4.69) is 4.72 Å². The summed E-state index contributed by atoms with van der Waals surface area (Å²) < 4.78 is 28.3. The number of anilines is 1. The van der Waals surface area contributed by atoms with Gasteiger partial charge < -0.3 is 5.11 Å². The van der Waals surface area contributed by atoms with Gasteiger partial charge in [-0.05, 0) is 31.9 Å². The summed E-state index contributed by atoms with van der Waals surface area (Å²) in [6.07, 6.45) is 2.89. The molecule has 0 unspecified atom stereocenters. The minimum absolute atomic E-state index is 0.0915. The van der Waals surface area contributed by atoms with Crippen molar-refractivity contribution in [2.45, 2.75) is 26.2 Å². The highest BCUT2D eigenvalue weighted by Crippen LogP contribution is 2.25. The maximum Gasteiger partial charge on any atom is 0.301 e. The predicted octanol–water partition coefficient (Wildman–Crippen LogP) is 1.84. The summed E-state index contributed by atoms with van der Waals surface area (Å²) in [6, 6.07) is 4.81. The van der Waals surface area contributed by atoms with Gasteiger partial charge in [0.1, 0.15) is 5.75 Å². The van der Waals surface area contributed by atoms with Gasteiger partial charge in [0.15, 0.2) is 0 Å². The van der Waals surface area contributed by atoms with E-state index in [1.165, 1.54) is 10.4 Å². The average molecular weight is 270 g/mol. The van der Waals surface area contributed by atoms with Crippen molar-refractivity contribution < 1.29 is 13.5 Å². The first kappa shape index (κ1) is 13.2. The molecule has 0 bridgehead atoms. The second-order valence-corrected chi connectivity index (χ2v) is 6.19. The van der Waals surface area contributed by atoms with E-state index < -0.39 is 10.2 Å². The third-order valence-electron chi connectivity index (χ3n) is 3.20. The van der Waals surface area contributed by atoms with E-state index in [0.717, 1.165) is 19.3 Å². The van der Waals surface area contributed by atoms with Crippen molar-refractivity contribution in [2.75, 3.05) is 17.8 Å². The van der Waals surface area contributed by atoms with Gasteiger partial charge in [-0.3, -0.25) is 4.72 Å². The second kappa shape index (κ2) is 5.16. The lowest BCUT2D eigenvalue weighted by atomic mass is 10.2. The highest BCUT2D eigenvalue weighted by atomic mass is 32.2. The molecule has 0 amide bonds. The Morgan fingerprint density at radius 2 is 1.89 bits per heavy atom. The Morgan fingerprint density at radius 1 is 1.22 bits per heavy atom. The highest BCUT2D eigenvalue weighted by molar-refractivity contribution is 7.90. The van der Waals surface area contributed by atoms with Crippen LogP contribution in [0, 0.1) is 6.92 Å². The molecule has 1 aromatic carbocycles. The molecule has 0 aromatic heterocycles. The van der Waals surface area contributed by atoms with Crippen LogP contribution in [0.15, 0.2) is 18.2 Å². The van der Waals surface area contributed by atoms with Crippen LogP contribution in [0.25, 0.3) is 0 Å². The van der Waals surface area contributed by atoms with Crippen LogP contribution in [0.2, 0.25) is 0 Å². The molecule has 1 aliphatic rings. The normalized spacial score (nSPS) is 17.6. The molecule has 0 spiro atoms. The number of hydrogen-bond acceptors (Lipinski definition) is 3. The van der Waals surface area contributed by atoms with Crippen LogP contribution >= 0.6 is 0 Å². The number of benzene rings is 1. The second-order valence-electron chi connectivity index (χ2n) is 4.52. The van der Waals surface area contributed by atoms with Crippen molar-refractivity contribution in [3.8, 4) is 5.75 Å². The van der Waals surface area contributed by atoms with Gasteiger partial charge in [0.05, 0.1) is 5.69 Å². The average Bonchev–Trinajstić information content (AvgIpc) is 2.36. The Morgan fingerprint density at radius 3 is 2.56 bits per heavy atom. The number of phenolic OH excluding ortho intramolecular Hbond substituents is 1. The SMILES string of the molecule is Cc1c(O)cccc1NS(=O)(=O)N1CCCCC1. The largest absolute Gasteiger partial charge is 0.508 e. The number of hydrogen-bond donors (Lipinski definition) is 2. The smallest absolute Gasteiger partial charge is 0.301 e. The topological polar surface area (TPSA) is 69.6 Å². The fourth-order valence-corrected chi connectivity index (χ4v) is 3.41. The van der Waals surface area contributed by atoms with Gasteiger partial charge in [0.25, 0.3) is 0 Å². The number of rotatable bonds is 3. The Balaban J connectivity index is 2.19. The third-order valence-corrected chi connectivity index (χ3v) is 4.72. The first-order chi connectivity index (χ1) is 8.50. The fraction of sp³-hybridized carbons (Fsp3) is 0.500. The van der Waals surface area contributed by atoms with E-state index in [1.54, 1.807) is 19.1 Å². The Kier molecular flexibility index (Phi) is 3.77. The van der Waals surface area contributed by atoms with Crippen LogP contribution in [-0.4, -0.2) is 30.9 Å². The molecule has 5 nitrogen and oxygen atoms in total. The molecule has 6 heteroatoms. The van der Waals surface area contributed by atoms with Crippen molar-refractivity contribution >= 4 is 15.9 Å². The van der Waals surface area contributed by atoms with Crippen LogP contribution in [0.5, 0.6) is 5.75 Å². The van der Waals surface area contributed by atoms with Gasteiger partial charge >= 0.3 is 10.2 Å². The van der Waals surface area contributed by atoms with Crippen molar-refractivity contribution in [3.63, 3.8) is 0 Å². The van der Waals surface area contributed by atoms with Gasteiger partial charge in [0, 0.05) is 18.7 Å². The van der Waals surface area contributed by atoms with E-state index in [-0.39, 0.29) is 5.75 Å². The van der Waals surface area contributed by atoms with Crippen molar-refractivity contribution in [3.05, 3.63) is 23.8 Å². The Bertz CT molecular complexity index is 522. The maximum atomic E-state index is 12.2. The summed E-state index contributed by atoms with van der Waals surface area (Å²) in [5, 5.41) is 9.56. The summed E-state index contributed by atoms with van der Waals surface area (Å²) in [7, 11) is -3.50. The summed E-state index contributed by atoms with van der Waals surface area (Å²) >= 11 is 0. The molecule has 18 heavy (non-hydrogen) atoms. The molecule has 1 heterocycles. The quantitative estimate of drug-likeness (QED) is 0.880. The maximum absolute atomic E-state index is 12.2. The minimum Gasteiger partial charge on any atom is -0.508 e. The Hall–Kier alpha value is -1.27. The summed E-state index contributed by atoms with van der Waals surface area (Å²) in [4.78, 5) is 0. The van der Waals surface area contributed by atoms with E-state index in [4.69, 9.17) is 0 Å². The fourth-order valence-electron chi connectivity index (χ4n) is 2.04. The minimum atomic E-state index is -3.50. The lowest BCUT2D eigenvalue weighted by Gasteiger charge is -2.26. The zero-order valence-electron chi connectivity index (χ0n) is 10.4. The first-order valence-corrected chi connectivity index (χ1v) is 7.51. The number of piperidine rings is 1. The number of nitrogens with one attached hydrogen (secondary N) is 1. The van der Waals surface area contributed by atoms with Crippen LogP contribution in [0.1, 0.15) is 24.8 Å². The first-order valence-electron chi connectivity index (χ1n) is 6.07. The molecule has 0 atom stereocenters. The molecule has 1 aromatic rings. The van der Waals surface area contributed by atoms with Gasteiger partial charge in [-0.2, -0.15) is 12.7 Å². The molecule has 2 rings (SSSR count). The summed E-state index contributed by atoms with van der Waals surface area (Å²) in [6.45, 7) is 2.81. The molecule has 1 saturated heterocycles. The Labute approximate surface area is 108 Å². The van der Waals surface area contributed by atoms with Gasteiger partial charge in [-0.25, -0.2) is 0 Å². The molecule has 0 radical (unpaired) electrons. The van der Waals surface area contributed by atoms with E-state index >= 15 is 0 Å². The molecule has 1 aliphatic heterocycles. The lowest BCUT2D eigenvalue weighted by molar-refractivity contribution is 0.349. The molecular formula is C12H18N2O3S. The standard InChI is InChI=1S/C12H18N2O3S/c1-10-11(6-5-7-12(10)15)13-18(16,17)14-8-3-2-4-9-14/h5-7,13,15H,2-4,8-9H2,1H3. The molecular weight excluding hydrogens is 252 g/mol. The molecule has 100 valence electrons. The molecule has 0 aliphatic carbocycles. The van der Waals surface area contributed by atoms with Crippen molar-refractivity contribution in [1.29, 1.82) is 0 Å². The van der Waals surface area contributed by atoms with E-state index in [1.807, 2.05) is 0 Å². The van der Waals surface area contributed by atoms with Crippen molar-refractivity contribution in [1.82, 2.24) is 4.31 Å². The van der Waals surface area contributed by atoms with Crippen molar-refractivity contribution in [2.24, 2.45) is 0 Å². The number of nitrogens with zero attached hydrogens (tertiary/aromatic N) is 1. The van der Waals surface area contributed by atoms with Gasteiger partial charge in [-0.15, -0.1) is 0 Å². The van der Waals surface area contributed by atoms with Crippen LogP contribution in [0.4, 0.5) is 5.69 Å². The van der Waals surface area contributed by atoms with Crippen LogP contribution in [0.3, 0.4) is 0 Å². The van der Waals surface area contributed by atoms with Crippen LogP contribution in [-0.2, 0) is 10.2 Å². The number of phenols is 1. The summed E-state index contributed by atoms with van der Waals surface area (Å²) in [5.41, 5.74) is 0.971.